The highest BCUT2D eigenvalue weighted by molar-refractivity contribution is 7.86. The quantitative estimate of drug-likeness (QED) is 0.620. The number of carbonyl (C=O) groups is 2. The predicted octanol–water partition coefficient (Wildman–Crippen LogP) is 3.12. The number of carbonyl (C=O) groups excluding carboxylic acids is 2. The Labute approximate surface area is 178 Å². The van der Waals surface area contributed by atoms with Gasteiger partial charge in [0.05, 0.1) is 17.5 Å². The molecule has 0 bridgehead atoms. The van der Waals surface area contributed by atoms with Crippen molar-refractivity contribution < 1.29 is 31.7 Å². The zero-order valence-electron chi connectivity index (χ0n) is 18.6. The lowest BCUT2D eigenvalue weighted by molar-refractivity contribution is 0.0448. The van der Waals surface area contributed by atoms with Gasteiger partial charge in [0.2, 0.25) is 0 Å². The van der Waals surface area contributed by atoms with Gasteiger partial charge in [-0.2, -0.15) is 8.42 Å². The van der Waals surface area contributed by atoms with Gasteiger partial charge in [0.25, 0.3) is 10.1 Å². The summed E-state index contributed by atoms with van der Waals surface area (Å²) in [6.45, 7) is 11.5. The van der Waals surface area contributed by atoms with Crippen LogP contribution in [0.15, 0.2) is 29.2 Å². The Balaban J connectivity index is 2.82. The van der Waals surface area contributed by atoms with Gasteiger partial charge in [-0.1, -0.05) is 17.7 Å². The molecule has 1 rings (SSSR count). The summed E-state index contributed by atoms with van der Waals surface area (Å²) in [4.78, 5) is 24.0. The molecule has 0 aliphatic carbocycles. The van der Waals surface area contributed by atoms with E-state index in [1.165, 1.54) is 12.1 Å². The fourth-order valence-corrected chi connectivity index (χ4v) is 3.04. The first-order valence-electron chi connectivity index (χ1n) is 9.50. The lowest BCUT2D eigenvalue weighted by atomic mass is 10.2. The molecular weight excluding hydrogens is 412 g/mol. The molecule has 0 aliphatic heterocycles. The summed E-state index contributed by atoms with van der Waals surface area (Å²) in [6.07, 6.45) is -1.48. The van der Waals surface area contributed by atoms with E-state index in [4.69, 9.17) is 13.7 Å². The molecule has 0 spiro atoms. The molecule has 2 amide bonds. The number of ether oxygens (including phenoxy) is 2. The van der Waals surface area contributed by atoms with Crippen molar-refractivity contribution in [3.63, 3.8) is 0 Å². The van der Waals surface area contributed by atoms with Crippen molar-refractivity contribution in [2.75, 3.05) is 13.2 Å². The number of rotatable bonds is 7. The zero-order chi connectivity index (χ0) is 23.2. The Morgan fingerprint density at radius 1 is 0.933 bits per heavy atom. The van der Waals surface area contributed by atoms with Crippen LogP contribution in [0.1, 0.15) is 47.1 Å². The Hall–Kier alpha value is -2.33. The Bertz CT molecular complexity index is 822. The van der Waals surface area contributed by atoms with Crippen LogP contribution in [0.5, 0.6) is 0 Å². The summed E-state index contributed by atoms with van der Waals surface area (Å²) in [6, 6.07) is 5.28. The predicted molar refractivity (Wildman–Crippen MR) is 112 cm³/mol. The minimum absolute atomic E-state index is 0.00998. The first kappa shape index (κ1) is 25.7. The summed E-state index contributed by atoms with van der Waals surface area (Å²) in [5.74, 6) is 0. The topological polar surface area (TPSA) is 120 Å². The van der Waals surface area contributed by atoms with E-state index in [0.29, 0.717) is 0 Å². The second-order valence-electron chi connectivity index (χ2n) is 8.78. The largest absolute Gasteiger partial charge is 0.444 e. The van der Waals surface area contributed by atoms with Crippen LogP contribution in [0.3, 0.4) is 0 Å². The van der Waals surface area contributed by atoms with Crippen molar-refractivity contribution in [2.45, 2.75) is 70.6 Å². The first-order chi connectivity index (χ1) is 13.6. The van der Waals surface area contributed by atoms with Gasteiger partial charge in [-0.25, -0.2) is 9.59 Å². The number of amides is 2. The van der Waals surface area contributed by atoms with E-state index < -0.39 is 46.2 Å². The van der Waals surface area contributed by atoms with Crippen LogP contribution < -0.4 is 10.6 Å². The molecule has 0 aromatic heterocycles. The maximum Gasteiger partial charge on any atom is 0.408 e. The normalized spacial score (nSPS) is 13.3. The molecular formula is C20H32N2O7S. The highest BCUT2D eigenvalue weighted by atomic mass is 32.2. The van der Waals surface area contributed by atoms with Crippen molar-refractivity contribution in [3.8, 4) is 0 Å². The molecule has 1 aromatic rings. The monoisotopic (exact) mass is 444 g/mol. The molecule has 0 radical (unpaired) electrons. The second-order valence-corrected chi connectivity index (χ2v) is 10.4. The van der Waals surface area contributed by atoms with E-state index in [1.807, 2.05) is 6.92 Å². The minimum atomic E-state index is -4.05. The van der Waals surface area contributed by atoms with Crippen molar-refractivity contribution in [3.05, 3.63) is 29.8 Å². The van der Waals surface area contributed by atoms with Gasteiger partial charge in [0.15, 0.2) is 0 Å². The number of hydrogen-bond donors (Lipinski definition) is 2. The second kappa shape index (κ2) is 10.1. The Kier molecular flexibility index (Phi) is 8.67. The van der Waals surface area contributed by atoms with Crippen LogP contribution in [-0.4, -0.2) is 51.0 Å². The SMILES string of the molecule is Cc1ccc(S(=O)(=O)OCC(CNC(=O)OC(C)(C)C)NC(=O)OC(C)(C)C)cc1. The molecule has 9 nitrogen and oxygen atoms in total. The maximum atomic E-state index is 12.4. The third kappa shape index (κ3) is 10.4. The molecule has 0 saturated carbocycles. The highest BCUT2D eigenvalue weighted by Crippen LogP contribution is 2.14. The van der Waals surface area contributed by atoms with Gasteiger partial charge in [0, 0.05) is 6.54 Å². The molecule has 10 heteroatoms. The van der Waals surface area contributed by atoms with Crippen molar-refractivity contribution in [2.24, 2.45) is 0 Å². The fraction of sp³-hybridized carbons (Fsp3) is 0.600. The third-order valence-electron chi connectivity index (χ3n) is 3.35. The third-order valence-corrected chi connectivity index (χ3v) is 4.64. The van der Waals surface area contributed by atoms with E-state index in [0.717, 1.165) is 5.56 Å². The van der Waals surface area contributed by atoms with Gasteiger partial charge in [-0.05, 0) is 60.6 Å². The molecule has 1 unspecified atom stereocenters. The van der Waals surface area contributed by atoms with E-state index in [2.05, 4.69) is 10.6 Å². The average Bonchev–Trinajstić information content (AvgIpc) is 2.54. The molecule has 0 fully saturated rings. The van der Waals surface area contributed by atoms with Crippen LogP contribution in [-0.2, 0) is 23.8 Å². The molecule has 0 heterocycles. The van der Waals surface area contributed by atoms with Crippen molar-refractivity contribution >= 4 is 22.3 Å². The van der Waals surface area contributed by atoms with Crippen LogP contribution in [0.4, 0.5) is 9.59 Å². The van der Waals surface area contributed by atoms with Crippen LogP contribution in [0.2, 0.25) is 0 Å². The number of alkyl carbamates (subject to hydrolysis) is 2. The molecule has 1 atom stereocenters. The highest BCUT2D eigenvalue weighted by Gasteiger charge is 2.24. The first-order valence-corrected chi connectivity index (χ1v) is 10.9. The van der Waals surface area contributed by atoms with Gasteiger partial charge < -0.3 is 20.1 Å². The zero-order valence-corrected chi connectivity index (χ0v) is 19.4. The van der Waals surface area contributed by atoms with E-state index in [1.54, 1.807) is 53.7 Å². The van der Waals surface area contributed by atoms with E-state index in [9.17, 15) is 18.0 Å². The molecule has 0 saturated heterocycles. The number of aryl methyl sites for hydroxylation is 1. The smallest absolute Gasteiger partial charge is 0.408 e. The lowest BCUT2D eigenvalue weighted by Gasteiger charge is -2.24. The maximum absolute atomic E-state index is 12.4. The average molecular weight is 445 g/mol. The molecule has 0 aliphatic rings. The lowest BCUT2D eigenvalue weighted by Crippen LogP contribution is -2.48. The van der Waals surface area contributed by atoms with Crippen molar-refractivity contribution in [1.29, 1.82) is 0 Å². The van der Waals surface area contributed by atoms with Gasteiger partial charge >= 0.3 is 12.2 Å². The number of hydrogen-bond acceptors (Lipinski definition) is 7. The van der Waals surface area contributed by atoms with Crippen LogP contribution in [0.25, 0.3) is 0 Å². The van der Waals surface area contributed by atoms with Gasteiger partial charge in [-0.3, -0.25) is 4.18 Å². The van der Waals surface area contributed by atoms with E-state index in [-0.39, 0.29) is 11.4 Å². The van der Waals surface area contributed by atoms with E-state index >= 15 is 0 Å². The standard InChI is InChI=1S/C20H32N2O7S/c1-14-8-10-16(11-9-14)30(25,26)27-13-15(22-18(24)29-20(5,6)7)12-21-17(23)28-19(2,3)4/h8-11,15H,12-13H2,1-7H3,(H,21,23)(H,22,24). The summed E-state index contributed by atoms with van der Waals surface area (Å²) in [7, 11) is -4.05. The van der Waals surface area contributed by atoms with Crippen LogP contribution >= 0.6 is 0 Å². The summed E-state index contributed by atoms with van der Waals surface area (Å²) in [5.41, 5.74) is -0.550. The molecule has 2 N–H and O–H groups in total. The van der Waals surface area contributed by atoms with Gasteiger partial charge in [0.1, 0.15) is 11.2 Å². The van der Waals surface area contributed by atoms with Crippen LogP contribution in [0, 0.1) is 6.92 Å². The number of benzene rings is 1. The molecule has 1 aromatic carbocycles. The summed E-state index contributed by atoms with van der Waals surface area (Å²) in [5, 5.41) is 4.99. The summed E-state index contributed by atoms with van der Waals surface area (Å²) >= 11 is 0. The molecule has 30 heavy (non-hydrogen) atoms. The van der Waals surface area contributed by atoms with Crippen molar-refractivity contribution in [1.82, 2.24) is 10.6 Å². The minimum Gasteiger partial charge on any atom is -0.444 e. The fourth-order valence-electron chi connectivity index (χ4n) is 2.09. The molecule has 170 valence electrons. The summed E-state index contributed by atoms with van der Waals surface area (Å²) < 4.78 is 40.2. The Morgan fingerprint density at radius 2 is 1.43 bits per heavy atom. The number of nitrogens with one attached hydrogen (secondary N) is 2. The van der Waals surface area contributed by atoms with Gasteiger partial charge in [-0.15, -0.1) is 0 Å². The Morgan fingerprint density at radius 3 is 1.93 bits per heavy atom.